The van der Waals surface area contributed by atoms with Gasteiger partial charge in [-0.1, -0.05) is 78.4 Å². The van der Waals surface area contributed by atoms with Gasteiger partial charge in [0.15, 0.2) is 0 Å². The number of hydrogen-bond acceptors (Lipinski definition) is 3. The van der Waals surface area contributed by atoms with Crippen LogP contribution in [0.4, 0.5) is 17.1 Å². The molecule has 0 aromatic heterocycles. The number of carbonyl (C=O) groups excluding carboxylic acids is 1. The summed E-state index contributed by atoms with van der Waals surface area (Å²) in [5.74, 6) is -0.382. The minimum Gasteiger partial charge on any atom is -0.462 e. The minimum atomic E-state index is -0.382. The van der Waals surface area contributed by atoms with Crippen LogP contribution in [0.1, 0.15) is 40.3 Å². The summed E-state index contributed by atoms with van der Waals surface area (Å²) in [5.41, 5.74) is 13.1. The molecule has 0 saturated heterocycles. The molecule has 0 radical (unpaired) electrons. The molecular formula is C34H35NO2. The van der Waals surface area contributed by atoms with Crippen LogP contribution < -0.4 is 4.90 Å². The van der Waals surface area contributed by atoms with Crippen molar-refractivity contribution in [1.82, 2.24) is 0 Å². The molecule has 0 spiro atoms. The van der Waals surface area contributed by atoms with Gasteiger partial charge in [-0.25, -0.2) is 4.79 Å². The summed E-state index contributed by atoms with van der Waals surface area (Å²) in [4.78, 5) is 14.4. The van der Waals surface area contributed by atoms with Crippen molar-refractivity contribution in [2.45, 2.75) is 41.5 Å². The van der Waals surface area contributed by atoms with Gasteiger partial charge in [0.1, 0.15) is 0 Å². The first-order valence-electron chi connectivity index (χ1n) is 12.7. The second-order valence-corrected chi connectivity index (χ2v) is 9.70. The highest BCUT2D eigenvalue weighted by molar-refractivity contribution is 6.15. The zero-order valence-corrected chi connectivity index (χ0v) is 22.7. The summed E-state index contributed by atoms with van der Waals surface area (Å²) in [7, 11) is 0. The molecule has 188 valence electrons. The van der Waals surface area contributed by atoms with Crippen molar-refractivity contribution in [3.8, 4) is 11.1 Å². The van der Waals surface area contributed by atoms with Crippen molar-refractivity contribution >= 4 is 28.6 Å². The van der Waals surface area contributed by atoms with Crippen molar-refractivity contribution in [2.24, 2.45) is 0 Å². The number of carbonyl (C=O) groups is 1. The second-order valence-electron chi connectivity index (χ2n) is 9.70. The van der Waals surface area contributed by atoms with Crippen molar-refractivity contribution in [3.05, 3.63) is 119 Å². The Balaban J connectivity index is 1.72. The van der Waals surface area contributed by atoms with Crippen molar-refractivity contribution in [1.29, 1.82) is 0 Å². The third-order valence-corrected chi connectivity index (χ3v) is 6.67. The van der Waals surface area contributed by atoms with Gasteiger partial charge in [-0.05, 0) is 93.1 Å². The number of hydrogen-bond donors (Lipinski definition) is 0. The maximum atomic E-state index is 12.0. The van der Waals surface area contributed by atoms with Crippen molar-refractivity contribution in [3.63, 3.8) is 0 Å². The number of benzene rings is 4. The normalized spacial score (nSPS) is 10.8. The Hall–Kier alpha value is -4.11. The molecular weight excluding hydrogens is 454 g/mol. The van der Waals surface area contributed by atoms with Gasteiger partial charge in [-0.2, -0.15) is 0 Å². The number of aryl methyl sites for hydroxylation is 5. The van der Waals surface area contributed by atoms with E-state index in [1.807, 2.05) is 24.3 Å². The van der Waals surface area contributed by atoms with Gasteiger partial charge in [0.2, 0.25) is 0 Å². The number of ether oxygens (including phenoxy) is 1. The van der Waals surface area contributed by atoms with Gasteiger partial charge >= 0.3 is 5.97 Å². The van der Waals surface area contributed by atoms with Gasteiger partial charge < -0.3 is 9.64 Å². The third kappa shape index (κ3) is 5.51. The van der Waals surface area contributed by atoms with Crippen LogP contribution in [0.15, 0.2) is 85.4 Å². The van der Waals surface area contributed by atoms with Crippen molar-refractivity contribution < 1.29 is 9.53 Å². The summed E-state index contributed by atoms with van der Waals surface area (Å²) >= 11 is 0. The summed E-state index contributed by atoms with van der Waals surface area (Å²) in [5, 5.41) is 0. The highest BCUT2D eigenvalue weighted by atomic mass is 16.5. The van der Waals surface area contributed by atoms with E-state index in [9.17, 15) is 4.79 Å². The maximum absolute atomic E-state index is 12.0. The van der Waals surface area contributed by atoms with E-state index in [2.05, 4.69) is 101 Å². The van der Waals surface area contributed by atoms with E-state index in [-0.39, 0.29) is 5.97 Å². The first-order chi connectivity index (χ1) is 17.7. The lowest BCUT2D eigenvalue weighted by Gasteiger charge is -2.30. The molecule has 0 atom stereocenters. The molecule has 4 aromatic rings. The van der Waals surface area contributed by atoms with Gasteiger partial charge in [0, 0.05) is 11.4 Å². The van der Waals surface area contributed by atoms with E-state index < -0.39 is 0 Å². The lowest BCUT2D eigenvalue weighted by Crippen LogP contribution is -2.14. The quantitative estimate of drug-likeness (QED) is 0.192. The number of esters is 1. The van der Waals surface area contributed by atoms with E-state index in [0.717, 1.165) is 22.4 Å². The fourth-order valence-corrected chi connectivity index (χ4v) is 4.97. The Kier molecular flexibility index (Phi) is 7.63. The van der Waals surface area contributed by atoms with Gasteiger partial charge in [0.25, 0.3) is 0 Å². The van der Waals surface area contributed by atoms with E-state index in [1.165, 1.54) is 39.2 Å². The molecule has 0 fully saturated rings. The Morgan fingerprint density at radius 3 is 1.81 bits per heavy atom. The Bertz CT molecular complexity index is 1420. The van der Waals surface area contributed by atoms with E-state index >= 15 is 0 Å². The van der Waals surface area contributed by atoms with Gasteiger partial charge in [0.05, 0.1) is 17.9 Å². The Morgan fingerprint density at radius 2 is 1.27 bits per heavy atom. The summed E-state index contributed by atoms with van der Waals surface area (Å²) < 4.78 is 5.08. The lowest BCUT2D eigenvalue weighted by molar-refractivity contribution is -0.136. The molecule has 4 rings (SSSR count). The average molecular weight is 490 g/mol. The predicted octanol–water partition coefficient (Wildman–Crippen LogP) is 8.94. The van der Waals surface area contributed by atoms with Crippen molar-refractivity contribution in [2.75, 3.05) is 11.5 Å². The first kappa shape index (κ1) is 26.0. The molecule has 0 amide bonds. The molecule has 0 aliphatic carbocycles. The smallest absolute Gasteiger partial charge is 0.338 e. The van der Waals surface area contributed by atoms with Crippen LogP contribution in [0, 0.1) is 34.6 Å². The molecule has 0 unspecified atom stereocenters. The van der Waals surface area contributed by atoms with E-state index in [1.54, 1.807) is 6.92 Å². The molecule has 0 bridgehead atoms. The zero-order valence-electron chi connectivity index (χ0n) is 22.7. The molecule has 0 saturated carbocycles. The summed E-state index contributed by atoms with van der Waals surface area (Å²) in [6.45, 7) is 16.8. The minimum absolute atomic E-state index is 0.336. The van der Waals surface area contributed by atoms with Crippen LogP contribution in [0.5, 0.6) is 0 Å². The lowest BCUT2D eigenvalue weighted by atomic mass is 9.99. The van der Waals surface area contributed by atoms with Crippen LogP contribution in [0.25, 0.3) is 16.7 Å². The predicted molar refractivity (Wildman–Crippen MR) is 156 cm³/mol. The topological polar surface area (TPSA) is 29.5 Å². The highest BCUT2D eigenvalue weighted by Crippen LogP contribution is 2.41. The monoisotopic (exact) mass is 489 g/mol. The fraction of sp³-hybridized carbons (Fsp3) is 0.206. The maximum Gasteiger partial charge on any atom is 0.338 e. The molecule has 0 aliphatic heterocycles. The van der Waals surface area contributed by atoms with Gasteiger partial charge in [-0.15, -0.1) is 0 Å². The standard InChI is InChI=1S/C34H35NO2/c1-8-37-34(36)27(7)28-10-12-29(13-11-28)30-14-16-31(17-15-30)35(32-18-9-22(2)19-24(32)4)33-25(5)20-23(3)21-26(33)6/h9-21H,7-8H2,1-6H3. The molecule has 3 heteroatoms. The van der Waals surface area contributed by atoms with Crippen LogP contribution in [-0.2, 0) is 9.53 Å². The molecule has 4 aromatic carbocycles. The van der Waals surface area contributed by atoms with Gasteiger partial charge in [-0.3, -0.25) is 0 Å². The number of anilines is 3. The molecule has 0 heterocycles. The summed E-state index contributed by atoms with van der Waals surface area (Å²) in [6, 6.07) is 27.7. The van der Waals surface area contributed by atoms with E-state index in [4.69, 9.17) is 4.74 Å². The third-order valence-electron chi connectivity index (χ3n) is 6.67. The Labute approximate surface area is 221 Å². The average Bonchev–Trinajstić information content (AvgIpc) is 2.87. The fourth-order valence-electron chi connectivity index (χ4n) is 4.97. The molecule has 0 N–H and O–H groups in total. The van der Waals surface area contributed by atoms with E-state index in [0.29, 0.717) is 12.2 Å². The first-order valence-corrected chi connectivity index (χ1v) is 12.7. The Morgan fingerprint density at radius 1 is 0.730 bits per heavy atom. The summed E-state index contributed by atoms with van der Waals surface area (Å²) in [6.07, 6.45) is 0. The second kappa shape index (κ2) is 10.9. The van der Waals surface area contributed by atoms with Crippen LogP contribution in [-0.4, -0.2) is 12.6 Å². The SMILES string of the molecule is C=C(C(=O)OCC)c1ccc(-c2ccc(N(c3ccc(C)cc3C)c3c(C)cc(C)cc3C)cc2)cc1. The van der Waals surface area contributed by atoms with Crippen LogP contribution >= 0.6 is 0 Å². The molecule has 0 aliphatic rings. The zero-order chi connectivity index (χ0) is 26.7. The number of nitrogens with zero attached hydrogens (tertiary/aromatic N) is 1. The van der Waals surface area contributed by atoms with Crippen LogP contribution in [0.2, 0.25) is 0 Å². The number of rotatable bonds is 7. The van der Waals surface area contributed by atoms with Crippen LogP contribution in [0.3, 0.4) is 0 Å². The molecule has 37 heavy (non-hydrogen) atoms. The highest BCUT2D eigenvalue weighted by Gasteiger charge is 2.19. The molecule has 3 nitrogen and oxygen atoms in total. The largest absolute Gasteiger partial charge is 0.462 e.